The molecule has 0 N–H and O–H groups in total. The van der Waals surface area contributed by atoms with E-state index in [1.165, 1.54) is 6.20 Å². The first-order chi connectivity index (χ1) is 12.0. The number of nitrogens with zero attached hydrogens (tertiary/aromatic N) is 2. The number of rotatable bonds is 5. The van der Waals surface area contributed by atoms with Crippen LogP contribution in [0.2, 0.25) is 10.0 Å². The molecule has 0 saturated carbocycles. The normalized spacial score (nSPS) is 10.5. The van der Waals surface area contributed by atoms with E-state index < -0.39 is 5.56 Å². The van der Waals surface area contributed by atoms with Crippen LogP contribution in [0.4, 0.5) is 0 Å². The lowest BCUT2D eigenvalue weighted by atomic mass is 10.1. The summed E-state index contributed by atoms with van der Waals surface area (Å²) in [5.74, 6) is 1.03. The van der Waals surface area contributed by atoms with Gasteiger partial charge >= 0.3 is 0 Å². The molecule has 0 saturated heterocycles. The van der Waals surface area contributed by atoms with Crippen molar-refractivity contribution in [1.29, 1.82) is 0 Å². The summed E-state index contributed by atoms with van der Waals surface area (Å²) in [6.45, 7) is -0.228. The number of hydrogen-bond acceptors (Lipinski definition) is 4. The summed E-state index contributed by atoms with van der Waals surface area (Å²) in [5, 5.41) is 3.72. The van der Waals surface area contributed by atoms with Crippen LogP contribution in [0.15, 0.2) is 65.6 Å². The van der Waals surface area contributed by atoms with Crippen LogP contribution in [0.5, 0.6) is 11.5 Å². The zero-order valence-electron chi connectivity index (χ0n) is 12.9. The first-order valence-corrected chi connectivity index (χ1v) is 8.07. The number of Topliss-reactive ketones (excluding diaryl/α,β-unsaturated/α-hetero) is 1. The molecular formula is C18H12Cl2N2O3. The van der Waals surface area contributed by atoms with Crippen LogP contribution in [0.1, 0.15) is 10.4 Å². The molecule has 0 aliphatic heterocycles. The van der Waals surface area contributed by atoms with Crippen LogP contribution in [0, 0.1) is 0 Å². The number of benzene rings is 2. The molecule has 0 bridgehead atoms. The molecule has 3 rings (SSSR count). The Bertz CT molecular complexity index is 954. The summed E-state index contributed by atoms with van der Waals surface area (Å²) >= 11 is 11.5. The molecule has 0 amide bonds. The van der Waals surface area contributed by atoms with Crippen LogP contribution in [0.3, 0.4) is 0 Å². The van der Waals surface area contributed by atoms with E-state index in [2.05, 4.69) is 5.10 Å². The summed E-state index contributed by atoms with van der Waals surface area (Å²) < 4.78 is 6.65. The number of para-hydroxylation sites is 1. The largest absolute Gasteiger partial charge is 0.457 e. The van der Waals surface area contributed by atoms with Gasteiger partial charge in [0.05, 0.1) is 11.2 Å². The van der Waals surface area contributed by atoms with Gasteiger partial charge in [0, 0.05) is 5.56 Å². The third kappa shape index (κ3) is 4.07. The van der Waals surface area contributed by atoms with Gasteiger partial charge in [0.15, 0.2) is 5.78 Å². The Morgan fingerprint density at radius 2 is 1.64 bits per heavy atom. The highest BCUT2D eigenvalue weighted by Crippen LogP contribution is 2.21. The van der Waals surface area contributed by atoms with E-state index in [4.69, 9.17) is 27.9 Å². The number of carbonyl (C=O) groups is 1. The highest BCUT2D eigenvalue weighted by Gasteiger charge is 2.12. The second kappa shape index (κ2) is 7.51. The minimum Gasteiger partial charge on any atom is -0.457 e. The highest BCUT2D eigenvalue weighted by molar-refractivity contribution is 6.41. The van der Waals surface area contributed by atoms with Crippen molar-refractivity contribution < 1.29 is 9.53 Å². The third-order valence-electron chi connectivity index (χ3n) is 3.39. The molecule has 7 heteroatoms. The number of ether oxygens (including phenoxy) is 1. The maximum Gasteiger partial charge on any atom is 0.287 e. The fourth-order valence-corrected chi connectivity index (χ4v) is 2.39. The van der Waals surface area contributed by atoms with E-state index in [-0.39, 0.29) is 22.4 Å². The molecule has 3 aromatic rings. The van der Waals surface area contributed by atoms with Crippen LogP contribution < -0.4 is 10.3 Å². The molecule has 1 aromatic heterocycles. The molecule has 1 heterocycles. The lowest BCUT2D eigenvalue weighted by Crippen LogP contribution is -2.27. The van der Waals surface area contributed by atoms with E-state index in [9.17, 15) is 9.59 Å². The van der Waals surface area contributed by atoms with E-state index in [1.807, 2.05) is 30.3 Å². The Labute approximate surface area is 153 Å². The lowest BCUT2D eigenvalue weighted by molar-refractivity contribution is 0.0965. The first kappa shape index (κ1) is 17.2. The Hall–Kier alpha value is -2.63. The van der Waals surface area contributed by atoms with E-state index in [0.717, 1.165) is 4.68 Å². The second-order valence-corrected chi connectivity index (χ2v) is 5.92. The molecule has 0 aliphatic carbocycles. The zero-order valence-corrected chi connectivity index (χ0v) is 14.4. The van der Waals surface area contributed by atoms with Crippen LogP contribution in [-0.2, 0) is 6.54 Å². The van der Waals surface area contributed by atoms with Crippen molar-refractivity contribution in [3.8, 4) is 11.5 Å². The van der Waals surface area contributed by atoms with Gasteiger partial charge in [0.1, 0.15) is 23.1 Å². The van der Waals surface area contributed by atoms with E-state index in [1.54, 1.807) is 24.3 Å². The number of hydrogen-bond donors (Lipinski definition) is 0. The quantitative estimate of drug-likeness (QED) is 0.627. The van der Waals surface area contributed by atoms with Crippen LogP contribution in [-0.4, -0.2) is 15.6 Å². The van der Waals surface area contributed by atoms with Gasteiger partial charge in [0.25, 0.3) is 5.56 Å². The van der Waals surface area contributed by atoms with Gasteiger partial charge in [-0.2, -0.15) is 5.10 Å². The predicted octanol–water partition coefficient (Wildman–Crippen LogP) is 4.23. The minimum atomic E-state index is -0.605. The van der Waals surface area contributed by atoms with Gasteiger partial charge in [0.2, 0.25) is 0 Å². The maximum absolute atomic E-state index is 12.3. The smallest absolute Gasteiger partial charge is 0.287 e. The lowest BCUT2D eigenvalue weighted by Gasteiger charge is -2.07. The highest BCUT2D eigenvalue weighted by atomic mass is 35.5. The molecule has 0 radical (unpaired) electrons. The number of aromatic nitrogens is 2. The van der Waals surface area contributed by atoms with Crippen molar-refractivity contribution in [2.45, 2.75) is 6.54 Å². The van der Waals surface area contributed by atoms with Crippen molar-refractivity contribution in [3.63, 3.8) is 0 Å². The molecule has 2 aromatic carbocycles. The molecule has 0 atom stereocenters. The maximum atomic E-state index is 12.3. The molecule has 5 nitrogen and oxygen atoms in total. The summed E-state index contributed by atoms with van der Waals surface area (Å²) in [4.78, 5) is 24.2. The van der Waals surface area contributed by atoms with Crippen molar-refractivity contribution in [1.82, 2.24) is 9.78 Å². The van der Waals surface area contributed by atoms with E-state index in [0.29, 0.717) is 17.1 Å². The summed E-state index contributed by atoms with van der Waals surface area (Å²) in [5.41, 5.74) is -0.174. The average molecular weight is 375 g/mol. The molecule has 0 spiro atoms. The predicted molar refractivity (Wildman–Crippen MR) is 95.8 cm³/mol. The Balaban J connectivity index is 1.73. The SMILES string of the molecule is O=C(Cn1ncc(Cl)c(Cl)c1=O)c1ccc(Oc2ccccc2)cc1. The van der Waals surface area contributed by atoms with Crippen LogP contribution >= 0.6 is 23.2 Å². The second-order valence-electron chi connectivity index (χ2n) is 5.13. The van der Waals surface area contributed by atoms with Gasteiger partial charge < -0.3 is 4.74 Å². The van der Waals surface area contributed by atoms with Gasteiger partial charge in [-0.05, 0) is 36.4 Å². The van der Waals surface area contributed by atoms with Crippen molar-refractivity contribution >= 4 is 29.0 Å². The van der Waals surface area contributed by atoms with Crippen molar-refractivity contribution in [2.75, 3.05) is 0 Å². The average Bonchev–Trinajstić information content (AvgIpc) is 2.63. The topological polar surface area (TPSA) is 61.2 Å². The van der Waals surface area contributed by atoms with Gasteiger partial charge in [-0.15, -0.1) is 0 Å². The first-order valence-electron chi connectivity index (χ1n) is 7.32. The molecule has 25 heavy (non-hydrogen) atoms. The Morgan fingerprint density at radius 3 is 2.32 bits per heavy atom. The van der Waals surface area contributed by atoms with Gasteiger partial charge in [-0.3, -0.25) is 9.59 Å². The van der Waals surface area contributed by atoms with Crippen molar-refractivity contribution in [3.05, 3.63) is 86.8 Å². The number of carbonyl (C=O) groups excluding carboxylic acids is 1. The Morgan fingerprint density at radius 1 is 1.00 bits per heavy atom. The Kier molecular flexibility index (Phi) is 5.16. The van der Waals surface area contributed by atoms with Gasteiger partial charge in [-0.25, -0.2) is 4.68 Å². The summed E-state index contributed by atoms with van der Waals surface area (Å²) in [7, 11) is 0. The van der Waals surface area contributed by atoms with Crippen molar-refractivity contribution in [2.24, 2.45) is 0 Å². The third-order valence-corrected chi connectivity index (χ3v) is 4.14. The number of halogens is 2. The fraction of sp³-hybridized carbons (Fsp3) is 0.0556. The van der Waals surface area contributed by atoms with Gasteiger partial charge in [-0.1, -0.05) is 41.4 Å². The fourth-order valence-electron chi connectivity index (χ4n) is 2.12. The zero-order chi connectivity index (χ0) is 17.8. The molecular weight excluding hydrogens is 363 g/mol. The summed E-state index contributed by atoms with van der Waals surface area (Å²) in [6, 6.07) is 15.9. The monoisotopic (exact) mass is 374 g/mol. The van der Waals surface area contributed by atoms with E-state index >= 15 is 0 Å². The minimum absolute atomic E-state index is 0.0535. The molecule has 0 aliphatic rings. The molecule has 0 fully saturated rings. The standard InChI is InChI=1S/C18H12Cl2N2O3/c19-15-10-21-22(18(24)17(15)20)11-16(23)12-6-8-14(9-7-12)25-13-4-2-1-3-5-13/h1-10H,11H2. The van der Waals surface area contributed by atoms with Crippen LogP contribution in [0.25, 0.3) is 0 Å². The summed E-state index contributed by atoms with van der Waals surface area (Å²) in [6.07, 6.45) is 1.23. The number of ketones is 1. The molecule has 126 valence electrons. The molecule has 0 unspecified atom stereocenters.